The van der Waals surface area contributed by atoms with Crippen molar-refractivity contribution in [1.82, 2.24) is 18.3 Å². The normalized spacial score (nSPS) is 12.1. The van der Waals surface area contributed by atoms with Crippen molar-refractivity contribution in [2.75, 3.05) is 0 Å². The maximum Gasteiger partial charge on any atom is 0.0541 e. The van der Waals surface area contributed by atoms with Crippen LogP contribution in [0, 0.1) is 0 Å². The summed E-state index contributed by atoms with van der Waals surface area (Å²) in [6.07, 6.45) is 0. The third kappa shape index (κ3) is 6.99. The van der Waals surface area contributed by atoms with Crippen LogP contribution in [0.1, 0.15) is 0 Å². The molecule has 0 bridgehead atoms. The Morgan fingerprint density at radius 2 is 0.470 bits per heavy atom. The molecule has 0 spiro atoms. The van der Waals surface area contributed by atoms with Crippen LogP contribution < -0.4 is 0 Å². The fraction of sp³-hybridized carbons (Fsp3) is 0. The van der Waals surface area contributed by atoms with E-state index < -0.39 is 0 Å². The van der Waals surface area contributed by atoms with Crippen LogP contribution in [0.15, 0.2) is 291 Å². The van der Waals surface area contributed by atoms with Crippen LogP contribution in [0.3, 0.4) is 0 Å². The molecule has 83 heavy (non-hydrogen) atoms. The second-order valence-electron chi connectivity index (χ2n) is 22.1. The third-order valence-electron chi connectivity index (χ3n) is 17.5. The molecule has 4 nitrogen and oxygen atoms in total. The molecule has 18 rings (SSSR count). The standard InChI is InChI=1S/C78H48N4S/c1-2-16-49(17-3-1)52-32-37-74-64(43-52)61-24-6-11-29-71(61)79(74)55-20-15-21-56(46-55)80-72-30-12-7-25-62(72)65-44-53(33-38-75(65)80)50-18-14-19-51(42-50)54-34-39-76-66(45-54)63-26-8-13-31-73(63)82(76)58-36-41-78-68(48-58)67-47-57(35-40-77(67)83-78)81-69-27-9-4-22-59(69)60-23-5-10-28-70(60)81/h1-48H. The van der Waals surface area contributed by atoms with Gasteiger partial charge in [-0.2, -0.15) is 0 Å². The molecular weight excluding hydrogens is 1020 g/mol. The summed E-state index contributed by atoms with van der Waals surface area (Å²) in [4.78, 5) is 0. The second kappa shape index (κ2) is 17.9. The minimum absolute atomic E-state index is 1.12. The Kier molecular flexibility index (Phi) is 9.93. The fourth-order valence-corrected chi connectivity index (χ4v) is 14.9. The number of rotatable bonds is 7. The number of benzene rings is 13. The van der Waals surface area contributed by atoms with Crippen LogP contribution in [-0.2, 0) is 0 Å². The highest BCUT2D eigenvalue weighted by molar-refractivity contribution is 7.25. The first-order valence-corrected chi connectivity index (χ1v) is 29.3. The molecule has 0 saturated heterocycles. The SMILES string of the molecule is c1ccc(-c2ccc3c(c2)c2ccccc2n3-c2cccc(-n3c4ccccc4c4cc(-c5cccc(-c6ccc7c(c6)c6ccccc6n7-c6ccc7sc8ccc(-n9c%10ccccc%10c%10ccccc%109)cc8c7c6)c5)ccc43)c2)cc1. The van der Waals surface area contributed by atoms with E-state index in [4.69, 9.17) is 0 Å². The lowest BCUT2D eigenvalue weighted by molar-refractivity contribution is 1.13. The van der Waals surface area contributed by atoms with E-state index in [9.17, 15) is 0 Å². The number of nitrogens with zero attached hydrogens (tertiary/aromatic N) is 4. The first kappa shape index (κ1) is 46.1. The van der Waals surface area contributed by atoms with E-state index in [1.807, 2.05) is 11.3 Å². The third-order valence-corrected chi connectivity index (χ3v) is 18.7. The second-order valence-corrected chi connectivity index (χ2v) is 23.1. The molecule has 0 fully saturated rings. The minimum atomic E-state index is 1.12. The van der Waals surface area contributed by atoms with Crippen molar-refractivity contribution in [3.63, 3.8) is 0 Å². The van der Waals surface area contributed by atoms with Crippen molar-refractivity contribution >= 4 is 119 Å². The Labute approximate surface area is 481 Å². The molecule has 5 heteroatoms. The molecule has 18 aromatic rings. The van der Waals surface area contributed by atoms with Crippen LogP contribution in [0.4, 0.5) is 0 Å². The van der Waals surface area contributed by atoms with Crippen molar-refractivity contribution in [3.8, 4) is 56.1 Å². The van der Waals surface area contributed by atoms with Crippen LogP contribution in [-0.4, -0.2) is 18.3 Å². The van der Waals surface area contributed by atoms with Gasteiger partial charge >= 0.3 is 0 Å². The summed E-state index contributed by atoms with van der Waals surface area (Å²) >= 11 is 1.87. The highest BCUT2D eigenvalue weighted by Gasteiger charge is 2.20. The molecule has 0 aliphatic heterocycles. The van der Waals surface area contributed by atoms with Crippen molar-refractivity contribution < 1.29 is 0 Å². The zero-order chi connectivity index (χ0) is 54.3. The smallest absolute Gasteiger partial charge is 0.0541 e. The number of hydrogen-bond donors (Lipinski definition) is 0. The number of aromatic nitrogens is 4. The summed E-state index contributed by atoms with van der Waals surface area (Å²) in [6, 6.07) is 108. The summed E-state index contributed by atoms with van der Waals surface area (Å²) in [5, 5.41) is 12.5. The van der Waals surface area contributed by atoms with Crippen LogP contribution >= 0.6 is 11.3 Å². The average Bonchev–Trinajstić information content (AvgIpc) is 3.30. The summed E-state index contributed by atoms with van der Waals surface area (Å²) in [5.41, 5.74) is 21.3. The van der Waals surface area contributed by atoms with Gasteiger partial charge in [0.2, 0.25) is 0 Å². The molecule has 0 aliphatic carbocycles. The molecule has 0 aliphatic rings. The topological polar surface area (TPSA) is 19.7 Å². The minimum Gasteiger partial charge on any atom is -0.309 e. The Morgan fingerprint density at radius 3 is 0.880 bits per heavy atom. The number of fused-ring (bicyclic) bond motifs is 15. The van der Waals surface area contributed by atoms with E-state index in [0.29, 0.717) is 0 Å². The Bertz CT molecular complexity index is 5650. The average molecular weight is 1070 g/mol. The molecule has 386 valence electrons. The van der Waals surface area contributed by atoms with Gasteiger partial charge in [-0.25, -0.2) is 0 Å². The molecule has 0 atom stereocenters. The highest BCUT2D eigenvalue weighted by Crippen LogP contribution is 2.43. The molecule has 0 unspecified atom stereocenters. The summed E-state index contributed by atoms with van der Waals surface area (Å²) < 4.78 is 12.3. The van der Waals surface area contributed by atoms with Gasteiger partial charge in [-0.1, -0.05) is 164 Å². The van der Waals surface area contributed by atoms with Gasteiger partial charge in [0.05, 0.1) is 44.1 Å². The van der Waals surface area contributed by atoms with Gasteiger partial charge in [-0.05, 0) is 161 Å². The lowest BCUT2D eigenvalue weighted by Crippen LogP contribution is -1.98. The molecule has 5 heterocycles. The number of hydrogen-bond acceptors (Lipinski definition) is 1. The predicted octanol–water partition coefficient (Wildman–Crippen LogP) is 21.4. The number of thiophene rings is 1. The largest absolute Gasteiger partial charge is 0.309 e. The lowest BCUT2D eigenvalue weighted by atomic mass is 9.97. The Balaban J connectivity index is 0.710. The summed E-state index contributed by atoms with van der Waals surface area (Å²) in [6.45, 7) is 0. The Morgan fingerprint density at radius 1 is 0.169 bits per heavy atom. The molecule has 13 aromatic carbocycles. The Hall–Kier alpha value is -10.7. The first-order valence-electron chi connectivity index (χ1n) is 28.5. The van der Waals surface area contributed by atoms with Crippen LogP contribution in [0.2, 0.25) is 0 Å². The molecule has 5 aromatic heterocycles. The van der Waals surface area contributed by atoms with E-state index in [2.05, 4.69) is 309 Å². The van der Waals surface area contributed by atoms with Crippen molar-refractivity contribution in [2.24, 2.45) is 0 Å². The maximum atomic E-state index is 2.46. The van der Waals surface area contributed by atoms with Crippen molar-refractivity contribution in [2.45, 2.75) is 0 Å². The number of para-hydroxylation sites is 5. The zero-order valence-electron chi connectivity index (χ0n) is 44.9. The van der Waals surface area contributed by atoms with E-state index in [1.54, 1.807) is 0 Å². The van der Waals surface area contributed by atoms with Gasteiger partial charge in [-0.3, -0.25) is 0 Å². The zero-order valence-corrected chi connectivity index (χ0v) is 45.7. The van der Waals surface area contributed by atoms with Crippen molar-refractivity contribution in [1.29, 1.82) is 0 Å². The quantitative estimate of drug-likeness (QED) is 0.152. The van der Waals surface area contributed by atoms with Gasteiger partial charge in [0.1, 0.15) is 0 Å². The van der Waals surface area contributed by atoms with Crippen LogP contribution in [0.5, 0.6) is 0 Å². The van der Waals surface area contributed by atoms with Crippen LogP contribution in [0.25, 0.3) is 164 Å². The molecule has 0 amide bonds. The van der Waals surface area contributed by atoms with E-state index in [1.165, 1.54) is 146 Å². The highest BCUT2D eigenvalue weighted by atomic mass is 32.1. The van der Waals surface area contributed by atoms with Gasteiger partial charge < -0.3 is 18.3 Å². The van der Waals surface area contributed by atoms with Gasteiger partial charge in [0.15, 0.2) is 0 Å². The fourth-order valence-electron chi connectivity index (χ4n) is 13.8. The summed E-state index contributed by atoms with van der Waals surface area (Å²) in [5.74, 6) is 0. The molecular formula is C78H48N4S. The maximum absolute atomic E-state index is 2.46. The summed E-state index contributed by atoms with van der Waals surface area (Å²) in [7, 11) is 0. The van der Waals surface area contributed by atoms with Gasteiger partial charge in [0.25, 0.3) is 0 Å². The van der Waals surface area contributed by atoms with E-state index in [0.717, 1.165) is 17.1 Å². The van der Waals surface area contributed by atoms with Crippen molar-refractivity contribution in [3.05, 3.63) is 291 Å². The van der Waals surface area contributed by atoms with Gasteiger partial charge in [0, 0.05) is 86.0 Å². The van der Waals surface area contributed by atoms with E-state index >= 15 is 0 Å². The first-order chi connectivity index (χ1) is 41.1. The van der Waals surface area contributed by atoms with E-state index in [-0.39, 0.29) is 0 Å². The molecule has 0 radical (unpaired) electrons. The molecule has 0 N–H and O–H groups in total. The lowest BCUT2D eigenvalue weighted by Gasteiger charge is -2.13. The van der Waals surface area contributed by atoms with Gasteiger partial charge in [-0.15, -0.1) is 11.3 Å². The predicted molar refractivity (Wildman–Crippen MR) is 353 cm³/mol. The molecule has 0 saturated carbocycles. The monoisotopic (exact) mass is 1070 g/mol.